The lowest BCUT2D eigenvalue weighted by molar-refractivity contribution is -0.133. The number of nitrogens with zero attached hydrogens (tertiary/aromatic N) is 2. The van der Waals surface area contributed by atoms with Crippen LogP contribution in [0.25, 0.3) is 0 Å². The summed E-state index contributed by atoms with van der Waals surface area (Å²) in [5.41, 5.74) is -0.0562. The summed E-state index contributed by atoms with van der Waals surface area (Å²) >= 11 is 0. The first kappa shape index (κ1) is 19.9. The number of anilines is 1. The summed E-state index contributed by atoms with van der Waals surface area (Å²) in [6.45, 7) is 8.48. The average Bonchev–Trinajstić information content (AvgIpc) is 2.69. The number of amides is 2. The Balaban J connectivity index is 1.46. The lowest BCUT2D eigenvalue weighted by atomic mass is 9.71. The highest BCUT2D eigenvalue weighted by Crippen LogP contribution is 2.43. The van der Waals surface area contributed by atoms with Gasteiger partial charge in [0.25, 0.3) is 0 Å². The molecular formula is C22H30N2O5. The highest BCUT2D eigenvalue weighted by atomic mass is 16.6. The Labute approximate surface area is 171 Å². The molecule has 2 fully saturated rings. The summed E-state index contributed by atoms with van der Waals surface area (Å²) in [4.78, 5) is 29.5. The van der Waals surface area contributed by atoms with E-state index in [1.165, 1.54) is 0 Å². The van der Waals surface area contributed by atoms with Crippen LogP contribution in [0.15, 0.2) is 18.2 Å². The molecule has 158 valence electrons. The summed E-state index contributed by atoms with van der Waals surface area (Å²) < 4.78 is 16.8. The molecule has 3 aliphatic rings. The maximum Gasteiger partial charge on any atom is 0.410 e. The van der Waals surface area contributed by atoms with Crippen LogP contribution in [0.4, 0.5) is 10.5 Å². The molecule has 0 unspecified atom stereocenters. The molecule has 1 spiro atoms. The summed E-state index contributed by atoms with van der Waals surface area (Å²) in [6, 6.07) is 5.71. The molecule has 2 amide bonds. The fourth-order valence-electron chi connectivity index (χ4n) is 4.42. The Bertz CT molecular complexity index is 793. The van der Waals surface area contributed by atoms with Crippen molar-refractivity contribution in [2.75, 3.05) is 37.7 Å². The molecule has 0 N–H and O–H groups in total. The van der Waals surface area contributed by atoms with E-state index in [0.717, 1.165) is 24.3 Å². The van der Waals surface area contributed by atoms with Crippen LogP contribution in [-0.2, 0) is 9.53 Å². The second-order valence-corrected chi connectivity index (χ2v) is 9.14. The van der Waals surface area contributed by atoms with E-state index in [1.807, 2.05) is 43.9 Å². The molecule has 0 atom stereocenters. The molecule has 0 bridgehead atoms. The lowest BCUT2D eigenvalue weighted by Gasteiger charge is -2.46. The molecule has 3 heterocycles. The van der Waals surface area contributed by atoms with Gasteiger partial charge in [-0.1, -0.05) is 0 Å². The first-order chi connectivity index (χ1) is 13.8. The van der Waals surface area contributed by atoms with Crippen molar-refractivity contribution in [1.29, 1.82) is 0 Å². The number of fused-ring (bicyclic) bond motifs is 1. The van der Waals surface area contributed by atoms with Crippen molar-refractivity contribution in [3.63, 3.8) is 0 Å². The van der Waals surface area contributed by atoms with Crippen molar-refractivity contribution >= 4 is 17.7 Å². The highest BCUT2D eigenvalue weighted by molar-refractivity contribution is 5.98. The Hall–Kier alpha value is -2.44. The number of likely N-dealkylation sites (tertiary alicyclic amines) is 1. The van der Waals surface area contributed by atoms with Crippen LogP contribution in [0.5, 0.6) is 11.5 Å². The molecule has 7 heteroatoms. The van der Waals surface area contributed by atoms with E-state index in [4.69, 9.17) is 14.2 Å². The smallest absolute Gasteiger partial charge is 0.410 e. The fourth-order valence-corrected chi connectivity index (χ4v) is 4.42. The van der Waals surface area contributed by atoms with E-state index in [0.29, 0.717) is 51.4 Å². The Morgan fingerprint density at radius 2 is 1.72 bits per heavy atom. The number of carbonyl (C=O) groups is 2. The van der Waals surface area contributed by atoms with E-state index in [2.05, 4.69) is 0 Å². The van der Waals surface area contributed by atoms with Gasteiger partial charge < -0.3 is 24.0 Å². The minimum Gasteiger partial charge on any atom is -0.486 e. The summed E-state index contributed by atoms with van der Waals surface area (Å²) in [6.07, 6.45) is 2.87. The molecule has 0 radical (unpaired) electrons. The molecule has 2 saturated heterocycles. The molecule has 7 nitrogen and oxygen atoms in total. The zero-order valence-electron chi connectivity index (χ0n) is 17.5. The monoisotopic (exact) mass is 402 g/mol. The second kappa shape index (κ2) is 7.43. The zero-order valence-corrected chi connectivity index (χ0v) is 17.5. The molecule has 4 rings (SSSR count). The normalized spacial score (nSPS) is 21.3. The minimum atomic E-state index is -0.512. The van der Waals surface area contributed by atoms with E-state index >= 15 is 0 Å². The van der Waals surface area contributed by atoms with Gasteiger partial charge in [0.05, 0.1) is 5.41 Å². The van der Waals surface area contributed by atoms with Crippen molar-refractivity contribution in [3.05, 3.63) is 18.2 Å². The summed E-state index contributed by atoms with van der Waals surface area (Å²) in [5.74, 6) is 1.58. The molecule has 29 heavy (non-hydrogen) atoms. The van der Waals surface area contributed by atoms with Crippen LogP contribution in [0.3, 0.4) is 0 Å². The molecule has 3 aliphatic heterocycles. The van der Waals surface area contributed by atoms with E-state index in [1.54, 1.807) is 4.90 Å². The Morgan fingerprint density at radius 1 is 1.03 bits per heavy atom. The standard InChI is InChI=1S/C22H30N2O5/c1-21(2,3)29-20(26)23-11-8-22(9-12-23)7-4-10-24(19(22)25)16-5-6-17-18(15-16)28-14-13-27-17/h5-6,15H,4,7-14H2,1-3H3. The third-order valence-corrected chi connectivity index (χ3v) is 5.95. The predicted molar refractivity (Wildman–Crippen MR) is 108 cm³/mol. The Kier molecular flexibility index (Phi) is 5.09. The summed E-state index contributed by atoms with van der Waals surface area (Å²) in [5, 5.41) is 0. The van der Waals surface area contributed by atoms with E-state index < -0.39 is 11.0 Å². The van der Waals surface area contributed by atoms with Gasteiger partial charge in [-0.3, -0.25) is 4.79 Å². The SMILES string of the molecule is CC(C)(C)OC(=O)N1CCC2(CCCN(c3ccc4c(c3)OCCO4)C2=O)CC1. The molecule has 1 aromatic carbocycles. The fraction of sp³-hybridized carbons (Fsp3) is 0.636. The lowest BCUT2D eigenvalue weighted by Crippen LogP contribution is -2.55. The number of rotatable bonds is 1. The number of hydrogen-bond donors (Lipinski definition) is 0. The first-order valence-electron chi connectivity index (χ1n) is 10.5. The summed E-state index contributed by atoms with van der Waals surface area (Å²) in [7, 11) is 0. The molecule has 0 saturated carbocycles. The van der Waals surface area contributed by atoms with Gasteiger partial charge in [0, 0.05) is 31.4 Å². The predicted octanol–water partition coefficient (Wildman–Crippen LogP) is 3.60. The van der Waals surface area contributed by atoms with Crippen LogP contribution < -0.4 is 14.4 Å². The quantitative estimate of drug-likeness (QED) is 0.718. The van der Waals surface area contributed by atoms with Gasteiger partial charge >= 0.3 is 6.09 Å². The van der Waals surface area contributed by atoms with Crippen LogP contribution in [0.2, 0.25) is 0 Å². The van der Waals surface area contributed by atoms with Crippen molar-refractivity contribution in [1.82, 2.24) is 4.90 Å². The maximum atomic E-state index is 13.5. The van der Waals surface area contributed by atoms with Crippen LogP contribution in [0.1, 0.15) is 46.5 Å². The number of piperidine rings is 2. The topological polar surface area (TPSA) is 68.3 Å². The van der Waals surface area contributed by atoms with Gasteiger partial charge in [0.2, 0.25) is 5.91 Å². The van der Waals surface area contributed by atoms with Gasteiger partial charge in [-0.15, -0.1) is 0 Å². The van der Waals surface area contributed by atoms with Crippen molar-refractivity contribution in [3.8, 4) is 11.5 Å². The number of benzene rings is 1. The zero-order chi connectivity index (χ0) is 20.6. The average molecular weight is 402 g/mol. The van der Waals surface area contributed by atoms with Crippen molar-refractivity contribution in [2.45, 2.75) is 52.1 Å². The molecular weight excluding hydrogens is 372 g/mol. The van der Waals surface area contributed by atoms with Crippen LogP contribution >= 0.6 is 0 Å². The van der Waals surface area contributed by atoms with Gasteiger partial charge in [-0.25, -0.2) is 4.79 Å². The first-order valence-corrected chi connectivity index (χ1v) is 10.5. The van der Waals surface area contributed by atoms with Crippen molar-refractivity contribution < 1.29 is 23.8 Å². The molecule has 0 aromatic heterocycles. The third kappa shape index (κ3) is 4.00. The van der Waals surface area contributed by atoms with Gasteiger partial charge in [0.15, 0.2) is 11.5 Å². The largest absolute Gasteiger partial charge is 0.486 e. The molecule has 1 aromatic rings. The second-order valence-electron chi connectivity index (χ2n) is 9.14. The maximum absolute atomic E-state index is 13.5. The third-order valence-electron chi connectivity index (χ3n) is 5.95. The number of hydrogen-bond acceptors (Lipinski definition) is 5. The minimum absolute atomic E-state index is 0.157. The number of ether oxygens (including phenoxy) is 3. The van der Waals surface area contributed by atoms with Crippen molar-refractivity contribution in [2.24, 2.45) is 5.41 Å². The van der Waals surface area contributed by atoms with Crippen LogP contribution in [0, 0.1) is 5.41 Å². The van der Waals surface area contributed by atoms with Gasteiger partial charge in [-0.05, 0) is 58.6 Å². The van der Waals surface area contributed by atoms with Crippen LogP contribution in [-0.4, -0.2) is 55.3 Å². The highest BCUT2D eigenvalue weighted by Gasteiger charge is 2.47. The van der Waals surface area contributed by atoms with Gasteiger partial charge in [-0.2, -0.15) is 0 Å². The number of carbonyl (C=O) groups excluding carboxylic acids is 2. The van der Waals surface area contributed by atoms with E-state index in [9.17, 15) is 9.59 Å². The molecule has 0 aliphatic carbocycles. The van der Waals surface area contributed by atoms with E-state index in [-0.39, 0.29) is 12.0 Å². The Morgan fingerprint density at radius 3 is 2.41 bits per heavy atom. The van der Waals surface area contributed by atoms with Gasteiger partial charge in [0.1, 0.15) is 18.8 Å².